The summed E-state index contributed by atoms with van der Waals surface area (Å²) in [5.41, 5.74) is 1.40. The van der Waals surface area contributed by atoms with Crippen LogP contribution in [0.5, 0.6) is 17.2 Å². The molecule has 204 valence electrons. The van der Waals surface area contributed by atoms with Crippen LogP contribution in [0.3, 0.4) is 0 Å². The first kappa shape index (κ1) is 28.6. The van der Waals surface area contributed by atoms with Crippen molar-refractivity contribution >= 4 is 23.9 Å². The number of hydrogen-bond acceptors (Lipinski definition) is 10. The third kappa shape index (κ3) is 7.55. The van der Waals surface area contributed by atoms with Crippen LogP contribution >= 0.6 is 0 Å². The zero-order valence-corrected chi connectivity index (χ0v) is 22.2. The van der Waals surface area contributed by atoms with E-state index in [4.69, 9.17) is 28.4 Å². The van der Waals surface area contributed by atoms with Crippen molar-refractivity contribution in [3.8, 4) is 28.4 Å². The molecule has 0 spiro atoms. The van der Waals surface area contributed by atoms with Crippen molar-refractivity contribution in [2.75, 3.05) is 0 Å². The summed E-state index contributed by atoms with van der Waals surface area (Å²) in [4.78, 5) is 46.4. The Morgan fingerprint density at radius 3 is 1.71 bits per heavy atom. The molecule has 10 heteroatoms. The zero-order valence-electron chi connectivity index (χ0n) is 22.2. The second-order valence-corrected chi connectivity index (χ2v) is 8.98. The summed E-state index contributed by atoms with van der Waals surface area (Å²) in [5, 5.41) is 0. The molecule has 38 heavy (non-hydrogen) atoms. The Balaban J connectivity index is 1.83. The number of esters is 4. The van der Waals surface area contributed by atoms with Gasteiger partial charge in [-0.2, -0.15) is 0 Å². The van der Waals surface area contributed by atoms with Gasteiger partial charge in [0.05, 0.1) is 5.92 Å². The lowest BCUT2D eigenvalue weighted by molar-refractivity contribution is -0.261. The molecule has 0 bridgehead atoms. The summed E-state index contributed by atoms with van der Waals surface area (Å²) in [6, 6.07) is 11.8. The normalized spacial score (nSPS) is 22.6. The standard InChI is InChI=1S/C28H32O10/c1-7-25-27(36-19(6)32)26(35-18(5)31)15(2)28(38-25)37-22-10-8-20(9-11-22)21-12-23(33-16(3)29)14-24(13-21)34-17(4)30/h8-15,25-28H,7H2,1-6H3. The molecule has 10 nitrogen and oxygen atoms in total. The number of rotatable bonds is 8. The molecule has 1 aliphatic rings. The molecule has 2 aromatic carbocycles. The first-order chi connectivity index (χ1) is 18.0. The van der Waals surface area contributed by atoms with Gasteiger partial charge in [-0.3, -0.25) is 19.2 Å². The van der Waals surface area contributed by atoms with E-state index in [-0.39, 0.29) is 11.5 Å². The number of benzene rings is 2. The minimum Gasteiger partial charge on any atom is -0.464 e. The van der Waals surface area contributed by atoms with Crippen molar-refractivity contribution in [1.82, 2.24) is 0 Å². The second kappa shape index (κ2) is 12.6. The van der Waals surface area contributed by atoms with E-state index in [2.05, 4.69) is 0 Å². The molecule has 5 unspecified atom stereocenters. The van der Waals surface area contributed by atoms with Crippen LogP contribution in [0.1, 0.15) is 48.0 Å². The second-order valence-electron chi connectivity index (χ2n) is 8.98. The van der Waals surface area contributed by atoms with Gasteiger partial charge in [-0.05, 0) is 41.8 Å². The van der Waals surface area contributed by atoms with Gasteiger partial charge in [0, 0.05) is 33.8 Å². The summed E-state index contributed by atoms with van der Waals surface area (Å²) >= 11 is 0. The van der Waals surface area contributed by atoms with Crippen molar-refractivity contribution in [2.24, 2.45) is 5.92 Å². The summed E-state index contributed by atoms with van der Waals surface area (Å²) in [7, 11) is 0. The highest BCUT2D eigenvalue weighted by Gasteiger charge is 2.48. The molecule has 1 fully saturated rings. The third-order valence-corrected chi connectivity index (χ3v) is 5.80. The Morgan fingerprint density at radius 2 is 1.24 bits per heavy atom. The predicted molar refractivity (Wildman–Crippen MR) is 134 cm³/mol. The maximum absolute atomic E-state index is 11.8. The monoisotopic (exact) mass is 528 g/mol. The molecule has 2 aromatic rings. The zero-order chi connectivity index (χ0) is 28.0. The van der Waals surface area contributed by atoms with E-state index in [0.717, 1.165) is 5.56 Å². The predicted octanol–water partition coefficient (Wildman–Crippen LogP) is 4.22. The van der Waals surface area contributed by atoms with Crippen LogP contribution in [0.2, 0.25) is 0 Å². The number of carbonyl (C=O) groups excluding carboxylic acids is 4. The van der Waals surface area contributed by atoms with Crippen molar-refractivity contribution < 1.29 is 47.6 Å². The topological polar surface area (TPSA) is 124 Å². The number of hydrogen-bond donors (Lipinski definition) is 0. The SMILES string of the molecule is CCC1OC(Oc2ccc(-c3cc(OC(C)=O)cc(OC(C)=O)c3)cc2)C(C)C(OC(C)=O)C1OC(C)=O. The van der Waals surface area contributed by atoms with Crippen molar-refractivity contribution in [3.63, 3.8) is 0 Å². The highest BCUT2D eigenvalue weighted by atomic mass is 16.7. The minimum absolute atomic E-state index is 0.237. The Kier molecular flexibility index (Phi) is 9.46. The van der Waals surface area contributed by atoms with E-state index in [1.54, 1.807) is 43.3 Å². The first-order valence-electron chi connectivity index (χ1n) is 12.3. The summed E-state index contributed by atoms with van der Waals surface area (Å²) < 4.78 is 33.6. The Hall–Kier alpha value is -3.92. The smallest absolute Gasteiger partial charge is 0.308 e. The van der Waals surface area contributed by atoms with Gasteiger partial charge in [-0.25, -0.2) is 0 Å². The van der Waals surface area contributed by atoms with E-state index in [1.165, 1.54) is 33.8 Å². The first-order valence-corrected chi connectivity index (χ1v) is 12.3. The molecule has 1 heterocycles. The van der Waals surface area contributed by atoms with Gasteiger partial charge in [0.2, 0.25) is 6.29 Å². The van der Waals surface area contributed by atoms with E-state index in [9.17, 15) is 19.2 Å². The lowest BCUT2D eigenvalue weighted by Crippen LogP contribution is -2.57. The van der Waals surface area contributed by atoms with Crippen LogP contribution in [-0.4, -0.2) is 48.5 Å². The van der Waals surface area contributed by atoms with Crippen LogP contribution in [-0.2, 0) is 33.4 Å². The van der Waals surface area contributed by atoms with Crippen LogP contribution in [0.4, 0.5) is 0 Å². The van der Waals surface area contributed by atoms with Crippen LogP contribution in [0.15, 0.2) is 42.5 Å². The lowest BCUT2D eigenvalue weighted by atomic mass is 9.90. The molecule has 0 radical (unpaired) electrons. The third-order valence-electron chi connectivity index (χ3n) is 5.80. The maximum atomic E-state index is 11.8. The van der Waals surface area contributed by atoms with Crippen LogP contribution in [0.25, 0.3) is 11.1 Å². The van der Waals surface area contributed by atoms with Gasteiger partial charge in [0.15, 0.2) is 6.10 Å². The van der Waals surface area contributed by atoms with Gasteiger partial charge in [0.25, 0.3) is 0 Å². The summed E-state index contributed by atoms with van der Waals surface area (Å²) in [6.45, 7) is 8.83. The molecule has 1 saturated heterocycles. The molecular formula is C28H32O10. The van der Waals surface area contributed by atoms with Crippen molar-refractivity contribution in [2.45, 2.75) is 72.6 Å². The molecule has 3 rings (SSSR count). The van der Waals surface area contributed by atoms with Crippen LogP contribution in [0, 0.1) is 5.92 Å². The molecule has 0 saturated carbocycles. The fourth-order valence-corrected chi connectivity index (χ4v) is 4.25. The molecule has 0 aromatic heterocycles. The Morgan fingerprint density at radius 1 is 0.711 bits per heavy atom. The van der Waals surface area contributed by atoms with Gasteiger partial charge < -0.3 is 28.4 Å². The van der Waals surface area contributed by atoms with Gasteiger partial charge in [-0.1, -0.05) is 26.0 Å². The Bertz CT molecular complexity index is 1140. The molecule has 1 aliphatic heterocycles. The highest BCUT2D eigenvalue weighted by Crippen LogP contribution is 2.35. The highest BCUT2D eigenvalue weighted by molar-refractivity contribution is 5.75. The van der Waals surface area contributed by atoms with Crippen molar-refractivity contribution in [3.05, 3.63) is 42.5 Å². The molecule has 5 atom stereocenters. The largest absolute Gasteiger partial charge is 0.464 e. The van der Waals surface area contributed by atoms with Gasteiger partial charge in [-0.15, -0.1) is 0 Å². The van der Waals surface area contributed by atoms with Gasteiger partial charge >= 0.3 is 23.9 Å². The molecule has 0 N–H and O–H groups in total. The van der Waals surface area contributed by atoms with Crippen LogP contribution < -0.4 is 14.2 Å². The molecular weight excluding hydrogens is 496 g/mol. The van der Waals surface area contributed by atoms with E-state index in [1.807, 2.05) is 6.92 Å². The number of carbonyl (C=O) groups is 4. The fraction of sp³-hybridized carbons (Fsp3) is 0.429. The molecule has 0 amide bonds. The van der Waals surface area contributed by atoms with Crippen molar-refractivity contribution in [1.29, 1.82) is 0 Å². The van der Waals surface area contributed by atoms with E-state index >= 15 is 0 Å². The fourth-order valence-electron chi connectivity index (χ4n) is 4.25. The average molecular weight is 529 g/mol. The summed E-state index contributed by atoms with van der Waals surface area (Å²) in [5.74, 6) is -1.49. The quantitative estimate of drug-likeness (QED) is 0.363. The minimum atomic E-state index is -0.773. The lowest BCUT2D eigenvalue weighted by Gasteiger charge is -2.43. The Labute approximate surface area is 221 Å². The van der Waals surface area contributed by atoms with E-state index in [0.29, 0.717) is 17.7 Å². The maximum Gasteiger partial charge on any atom is 0.308 e. The number of ether oxygens (including phenoxy) is 6. The van der Waals surface area contributed by atoms with E-state index < -0.39 is 54.4 Å². The average Bonchev–Trinajstić information content (AvgIpc) is 2.82. The van der Waals surface area contributed by atoms with Gasteiger partial charge in [0.1, 0.15) is 29.5 Å². The summed E-state index contributed by atoms with van der Waals surface area (Å²) in [6.07, 6.45) is -2.31. The molecule has 0 aliphatic carbocycles.